The van der Waals surface area contributed by atoms with Crippen molar-refractivity contribution in [2.75, 3.05) is 0 Å². The minimum absolute atomic E-state index is 0. The zero-order valence-electron chi connectivity index (χ0n) is 31.1. The molecule has 3 aliphatic carbocycles. The van der Waals surface area contributed by atoms with Crippen LogP contribution in [0.15, 0.2) is 64.0 Å². The fourth-order valence-electron chi connectivity index (χ4n) is 8.76. The van der Waals surface area contributed by atoms with Gasteiger partial charge >= 0.3 is 0 Å². The van der Waals surface area contributed by atoms with Crippen LogP contribution < -0.4 is 0 Å². The molecule has 5 aromatic rings. The van der Waals surface area contributed by atoms with E-state index in [-0.39, 0.29) is 25.5 Å². The van der Waals surface area contributed by atoms with E-state index < -0.39 is 0 Å². The van der Waals surface area contributed by atoms with E-state index in [1.807, 2.05) is 12.1 Å². The molecule has 3 aliphatic rings. The number of aliphatic imine (C=N–C) groups is 1. The first-order chi connectivity index (χ1) is 23.6. The molecule has 2 fully saturated rings. The summed E-state index contributed by atoms with van der Waals surface area (Å²) in [5.74, 6) is 2.64. The maximum atomic E-state index is 6.35. The number of para-hydroxylation sites is 1. The Morgan fingerprint density at radius 2 is 1.56 bits per heavy atom. The first kappa shape index (κ1) is 36.5. The number of pyridine rings is 1. The Morgan fingerprint density at radius 1 is 0.880 bits per heavy atom. The third kappa shape index (κ3) is 7.10. The third-order valence-electron chi connectivity index (χ3n) is 11.1. The van der Waals surface area contributed by atoms with E-state index in [1.54, 1.807) is 0 Å². The van der Waals surface area contributed by atoms with E-state index in [4.69, 9.17) is 19.7 Å². The summed E-state index contributed by atoms with van der Waals surface area (Å²) in [7, 11) is 0. The van der Waals surface area contributed by atoms with Crippen LogP contribution in [0, 0.1) is 32.8 Å². The Balaban J connectivity index is 0.000000196. The molecule has 0 spiro atoms. The van der Waals surface area contributed by atoms with E-state index in [2.05, 4.69) is 97.0 Å². The van der Waals surface area contributed by atoms with Crippen molar-refractivity contribution in [1.82, 2.24) is 4.98 Å². The van der Waals surface area contributed by atoms with E-state index in [0.29, 0.717) is 18.0 Å². The second-order valence-corrected chi connectivity index (χ2v) is 15.7. The summed E-state index contributed by atoms with van der Waals surface area (Å²) in [4.78, 5) is 10.1. The van der Waals surface area contributed by atoms with Gasteiger partial charge in [0.25, 0.3) is 0 Å². The van der Waals surface area contributed by atoms with Crippen LogP contribution in [0.3, 0.4) is 0 Å². The number of nitrogens with zero attached hydrogens (tertiary/aromatic N) is 3. The fourth-order valence-corrected chi connectivity index (χ4v) is 8.76. The molecule has 1 radical (unpaired) electrons. The number of fused-ring (bicyclic) bond motifs is 6. The van der Waals surface area contributed by atoms with Crippen LogP contribution >= 0.6 is 0 Å². The van der Waals surface area contributed by atoms with Crippen LogP contribution in [0.1, 0.15) is 120 Å². The number of benzene rings is 3. The number of aromatic nitrogens is 1. The molecule has 8 rings (SSSR count). The van der Waals surface area contributed by atoms with Gasteiger partial charge in [0.15, 0.2) is 0 Å². The number of furan rings is 1. The van der Waals surface area contributed by atoms with Crippen LogP contribution in [0.2, 0.25) is 0 Å². The van der Waals surface area contributed by atoms with E-state index in [9.17, 15) is 0 Å². The van der Waals surface area contributed by atoms with Gasteiger partial charge in [-0.15, -0.1) is 29.3 Å². The molecule has 0 saturated heterocycles. The molecule has 2 heterocycles. The molecule has 5 heteroatoms. The molecular weight excluding hydrogens is 791 g/mol. The average molecular weight is 844 g/mol. The smallest absolute Gasteiger partial charge is 0.135 e. The summed E-state index contributed by atoms with van der Waals surface area (Å²) in [5.41, 5.74) is 11.3. The largest absolute Gasteiger partial charge is 0.466 e. The molecule has 0 aliphatic heterocycles. The normalized spacial score (nSPS) is 17.6. The van der Waals surface area contributed by atoms with Crippen LogP contribution in [0.5, 0.6) is 0 Å². The fraction of sp³-hybridized carbons (Fsp3) is 0.467. The van der Waals surface area contributed by atoms with E-state index in [0.717, 1.165) is 39.5 Å². The Kier molecular flexibility index (Phi) is 11.1. The van der Waals surface area contributed by atoms with Gasteiger partial charge in [0.1, 0.15) is 11.3 Å². The van der Waals surface area contributed by atoms with Crippen molar-refractivity contribution in [3.8, 4) is 22.6 Å². The molecule has 4 nitrogen and oxygen atoms in total. The topological polar surface area (TPSA) is 52.5 Å². The quantitative estimate of drug-likeness (QED) is 0.103. The Bertz CT molecular complexity index is 2010. The SMILES string of the molecule is CC(C)C(=NC1CCCCC1)[N-]C1CCCCC1.Cc1cc(C)c2c(C)cc(-c3[c-]ccc4c3C(C)(C)c3c-4oc4ccccc34)nc2c1.[Ir]. The molecule has 0 N–H and O–H groups in total. The molecule has 0 unspecified atom stereocenters. The predicted molar refractivity (Wildman–Crippen MR) is 207 cm³/mol. The molecule has 0 atom stereocenters. The maximum absolute atomic E-state index is 6.35. The van der Waals surface area contributed by atoms with Gasteiger partial charge in [0, 0.05) is 36.4 Å². The molecule has 50 heavy (non-hydrogen) atoms. The predicted octanol–water partition coefficient (Wildman–Crippen LogP) is 12.8. The van der Waals surface area contributed by atoms with Crippen LogP contribution in [0.25, 0.3) is 49.8 Å². The molecule has 2 aromatic heterocycles. The summed E-state index contributed by atoms with van der Waals surface area (Å²) >= 11 is 0. The number of hydrogen-bond donors (Lipinski definition) is 0. The molecule has 0 amide bonds. The van der Waals surface area contributed by atoms with Gasteiger partial charge < -0.3 is 14.7 Å². The molecule has 0 bridgehead atoms. The number of aryl methyl sites for hydroxylation is 3. The minimum Gasteiger partial charge on any atom is -0.466 e. The van der Waals surface area contributed by atoms with Gasteiger partial charge in [-0.3, -0.25) is 4.98 Å². The molecule has 3 aromatic carbocycles. The van der Waals surface area contributed by atoms with Crippen molar-refractivity contribution >= 4 is 27.7 Å². The van der Waals surface area contributed by atoms with Crippen molar-refractivity contribution in [3.05, 3.63) is 93.8 Å². The minimum atomic E-state index is -0.197. The second-order valence-electron chi connectivity index (χ2n) is 15.7. The van der Waals surface area contributed by atoms with E-state index in [1.165, 1.54) is 103 Å². The zero-order valence-corrected chi connectivity index (χ0v) is 33.5. The molecule has 265 valence electrons. The van der Waals surface area contributed by atoms with Crippen molar-refractivity contribution in [2.24, 2.45) is 10.9 Å². The van der Waals surface area contributed by atoms with Crippen LogP contribution in [-0.4, -0.2) is 22.9 Å². The zero-order chi connectivity index (χ0) is 34.3. The van der Waals surface area contributed by atoms with Gasteiger partial charge in [-0.1, -0.05) is 134 Å². The average Bonchev–Trinajstić information content (AvgIpc) is 3.58. The molecule has 2 saturated carbocycles. The summed E-state index contributed by atoms with van der Waals surface area (Å²) in [6.07, 6.45) is 13.4. The van der Waals surface area contributed by atoms with Crippen molar-refractivity contribution in [3.63, 3.8) is 0 Å². The van der Waals surface area contributed by atoms with Crippen molar-refractivity contribution in [1.29, 1.82) is 0 Å². The first-order valence-corrected chi connectivity index (χ1v) is 18.9. The van der Waals surface area contributed by atoms with Gasteiger partial charge in [-0.2, -0.15) is 0 Å². The van der Waals surface area contributed by atoms with Crippen molar-refractivity contribution in [2.45, 2.75) is 130 Å². The molecular formula is C45H53IrN3O-2. The van der Waals surface area contributed by atoms with Gasteiger partial charge in [-0.05, 0) is 78.7 Å². The summed E-state index contributed by atoms with van der Waals surface area (Å²) in [6.45, 7) is 15.6. The monoisotopic (exact) mass is 844 g/mol. The summed E-state index contributed by atoms with van der Waals surface area (Å²) in [6, 6.07) is 23.8. The summed E-state index contributed by atoms with van der Waals surface area (Å²) in [5, 5.41) is 7.42. The Labute approximate surface area is 313 Å². The third-order valence-corrected chi connectivity index (χ3v) is 11.1. The Morgan fingerprint density at radius 3 is 2.28 bits per heavy atom. The van der Waals surface area contributed by atoms with Gasteiger partial charge in [0.2, 0.25) is 0 Å². The number of hydrogen-bond acceptors (Lipinski definition) is 3. The summed E-state index contributed by atoms with van der Waals surface area (Å²) < 4.78 is 6.35. The van der Waals surface area contributed by atoms with E-state index >= 15 is 0 Å². The van der Waals surface area contributed by atoms with Crippen LogP contribution in [0.4, 0.5) is 0 Å². The van der Waals surface area contributed by atoms with Gasteiger partial charge in [-0.25, -0.2) is 0 Å². The van der Waals surface area contributed by atoms with Crippen molar-refractivity contribution < 1.29 is 24.5 Å². The first-order valence-electron chi connectivity index (χ1n) is 18.9. The second kappa shape index (κ2) is 15.1. The number of rotatable bonds is 4. The number of amidine groups is 1. The van der Waals surface area contributed by atoms with Crippen LogP contribution in [-0.2, 0) is 25.5 Å². The standard InChI is InChI=1S/C29H24NO.C16H29N2.Ir/c1-16-13-17(2)25-18(3)15-22(30-23(25)14-16)19-10-8-11-21-26(19)29(4,5)27-20-9-6-7-12-24(20)31-28(21)27;1-13(2)16(17-14-9-5-3-6-10-14)18-15-11-7-4-8-12-15;/h6-9,11-15H,1-5H3;13-15H,3-12H2,1-2H3;/q2*-1;. The Hall–Kier alpha value is -3.27. The van der Waals surface area contributed by atoms with Gasteiger partial charge in [0.05, 0.1) is 5.52 Å². The maximum Gasteiger partial charge on any atom is 0.135 e.